The molecule has 1 atom stereocenters. The molecule has 0 fully saturated rings. The predicted octanol–water partition coefficient (Wildman–Crippen LogP) is 4.73. The zero-order valence-electron chi connectivity index (χ0n) is 14.2. The molecule has 0 bridgehead atoms. The molecule has 1 heterocycles. The Hall–Kier alpha value is -2.79. The summed E-state index contributed by atoms with van der Waals surface area (Å²) in [5.74, 6) is 0.878. The van der Waals surface area contributed by atoms with E-state index < -0.39 is 11.6 Å². The highest BCUT2D eigenvalue weighted by Gasteiger charge is 2.37. The molecule has 1 radical (unpaired) electrons. The summed E-state index contributed by atoms with van der Waals surface area (Å²) in [6.45, 7) is 5.96. The van der Waals surface area contributed by atoms with Crippen LogP contribution in [0.15, 0.2) is 59.1 Å². The van der Waals surface area contributed by atoms with Gasteiger partial charge >= 0.3 is 6.09 Å². The van der Waals surface area contributed by atoms with Crippen molar-refractivity contribution in [2.45, 2.75) is 18.3 Å². The fraction of sp³-hybridized carbons (Fsp3) is 0.150. The topological polar surface area (TPSA) is 75.4 Å². The van der Waals surface area contributed by atoms with Crippen LogP contribution >= 0.6 is 11.6 Å². The summed E-state index contributed by atoms with van der Waals surface area (Å²) in [7, 11) is 0. The lowest BCUT2D eigenvalue weighted by atomic mass is 9.82. The van der Waals surface area contributed by atoms with Gasteiger partial charge in [0.25, 0.3) is 0 Å². The Morgan fingerprint density at radius 2 is 1.88 bits per heavy atom. The van der Waals surface area contributed by atoms with Crippen molar-refractivity contribution in [1.29, 1.82) is 0 Å². The molecule has 2 N–H and O–H groups in total. The van der Waals surface area contributed by atoms with Gasteiger partial charge in [-0.15, -0.1) is 11.6 Å². The first-order chi connectivity index (χ1) is 12.5. The molecule has 6 heteroatoms. The number of carboxylic acid groups (broad SMARTS) is 1. The second-order valence-corrected chi connectivity index (χ2v) is 6.27. The maximum Gasteiger partial charge on any atom is 0.405 e. The quantitative estimate of drug-likeness (QED) is 0.637. The Bertz CT molecular complexity index is 907. The van der Waals surface area contributed by atoms with E-state index in [4.69, 9.17) is 16.1 Å². The van der Waals surface area contributed by atoms with Gasteiger partial charge in [0, 0.05) is 11.4 Å². The number of hydrogen-bond acceptors (Lipinski definition) is 3. The highest BCUT2D eigenvalue weighted by atomic mass is 35.5. The lowest BCUT2D eigenvalue weighted by Crippen LogP contribution is -2.44. The number of nitrogens with one attached hydrogen (secondary N) is 1. The molecule has 5 nitrogen and oxygen atoms in total. The van der Waals surface area contributed by atoms with E-state index in [9.17, 15) is 9.90 Å². The minimum Gasteiger partial charge on any atom is -0.465 e. The molecule has 1 unspecified atom stereocenters. The van der Waals surface area contributed by atoms with Crippen LogP contribution in [0.2, 0.25) is 0 Å². The van der Waals surface area contributed by atoms with Crippen LogP contribution in [0, 0.1) is 13.8 Å². The van der Waals surface area contributed by atoms with Gasteiger partial charge in [0.1, 0.15) is 0 Å². The highest BCUT2D eigenvalue weighted by Crippen LogP contribution is 2.38. The summed E-state index contributed by atoms with van der Waals surface area (Å²) < 4.78 is 5.55. The van der Waals surface area contributed by atoms with Gasteiger partial charge in [0.15, 0.2) is 5.76 Å². The number of amides is 1. The van der Waals surface area contributed by atoms with Crippen LogP contribution in [0.1, 0.15) is 22.4 Å². The minimum atomic E-state index is -1.27. The SMILES string of the molecule is [CH2]C(NC(=O)O)(c1ccccc1)c1c(C)noc1-c1ccc(CCl)cc1. The predicted molar refractivity (Wildman–Crippen MR) is 100.0 cm³/mol. The van der Waals surface area contributed by atoms with Crippen LogP contribution in [0.25, 0.3) is 11.3 Å². The summed E-state index contributed by atoms with van der Waals surface area (Å²) in [5.41, 5.74) is 2.30. The van der Waals surface area contributed by atoms with E-state index in [1.165, 1.54) is 0 Å². The fourth-order valence-corrected chi connectivity index (χ4v) is 3.18. The number of carbonyl (C=O) groups is 1. The van der Waals surface area contributed by atoms with E-state index in [2.05, 4.69) is 17.4 Å². The maximum atomic E-state index is 11.5. The van der Waals surface area contributed by atoms with E-state index in [1.54, 1.807) is 6.92 Å². The number of rotatable bonds is 5. The third-order valence-corrected chi connectivity index (χ3v) is 4.56. The van der Waals surface area contributed by atoms with Gasteiger partial charge < -0.3 is 14.9 Å². The second kappa shape index (κ2) is 7.22. The van der Waals surface area contributed by atoms with Crippen LogP contribution in [0.4, 0.5) is 4.79 Å². The van der Waals surface area contributed by atoms with Crippen LogP contribution in [-0.2, 0) is 11.4 Å². The Kier molecular flexibility index (Phi) is 5.00. The third kappa shape index (κ3) is 3.30. The number of aromatic nitrogens is 1. The van der Waals surface area contributed by atoms with Crippen molar-refractivity contribution in [2.75, 3.05) is 0 Å². The molecule has 0 aliphatic heterocycles. The van der Waals surface area contributed by atoms with Crippen molar-refractivity contribution in [1.82, 2.24) is 10.5 Å². The van der Waals surface area contributed by atoms with Crippen molar-refractivity contribution < 1.29 is 14.4 Å². The summed E-state index contributed by atoms with van der Waals surface area (Å²) in [6.07, 6.45) is -1.19. The lowest BCUT2D eigenvalue weighted by molar-refractivity contribution is 0.187. The number of aryl methyl sites for hydroxylation is 1. The zero-order chi connectivity index (χ0) is 18.7. The van der Waals surface area contributed by atoms with Crippen molar-refractivity contribution >= 4 is 17.7 Å². The Morgan fingerprint density at radius 3 is 2.46 bits per heavy atom. The molecular weight excluding hydrogens is 352 g/mol. The molecule has 1 aromatic heterocycles. The molecule has 0 spiro atoms. The molecule has 26 heavy (non-hydrogen) atoms. The largest absolute Gasteiger partial charge is 0.465 e. The van der Waals surface area contributed by atoms with Crippen LogP contribution in [-0.4, -0.2) is 16.4 Å². The first-order valence-corrected chi connectivity index (χ1v) is 8.53. The Labute approximate surface area is 156 Å². The maximum absolute atomic E-state index is 11.5. The Morgan fingerprint density at radius 1 is 1.23 bits per heavy atom. The molecule has 3 aromatic rings. The van der Waals surface area contributed by atoms with Gasteiger partial charge in [-0.1, -0.05) is 59.8 Å². The monoisotopic (exact) mass is 369 g/mol. The molecule has 3 rings (SSSR count). The van der Waals surface area contributed by atoms with Crippen molar-refractivity contribution in [2.24, 2.45) is 0 Å². The van der Waals surface area contributed by atoms with Crippen LogP contribution < -0.4 is 5.32 Å². The smallest absolute Gasteiger partial charge is 0.405 e. The van der Waals surface area contributed by atoms with Crippen LogP contribution in [0.3, 0.4) is 0 Å². The molecular formula is C20H18ClN2O3. The molecule has 0 aliphatic rings. The number of halogens is 1. The van der Waals surface area contributed by atoms with E-state index in [0.29, 0.717) is 28.5 Å². The summed E-state index contributed by atoms with van der Waals surface area (Å²) in [5, 5.41) is 16.0. The first kappa shape index (κ1) is 18.0. The normalized spacial score (nSPS) is 13.2. The van der Waals surface area contributed by atoms with Gasteiger partial charge in [-0.3, -0.25) is 0 Å². The zero-order valence-corrected chi connectivity index (χ0v) is 15.0. The minimum absolute atomic E-state index is 0.409. The molecule has 1 amide bonds. The molecule has 2 aromatic carbocycles. The van der Waals surface area contributed by atoms with Crippen LogP contribution in [0.5, 0.6) is 0 Å². The fourth-order valence-electron chi connectivity index (χ4n) is 3.00. The first-order valence-electron chi connectivity index (χ1n) is 7.99. The van der Waals surface area contributed by atoms with Gasteiger partial charge in [-0.2, -0.15) is 0 Å². The van der Waals surface area contributed by atoms with Crippen molar-refractivity contribution in [3.05, 3.63) is 83.9 Å². The summed E-state index contributed by atoms with van der Waals surface area (Å²) >= 11 is 5.85. The van der Waals surface area contributed by atoms with Gasteiger partial charge in [-0.25, -0.2) is 4.79 Å². The third-order valence-electron chi connectivity index (χ3n) is 4.25. The number of nitrogens with zero attached hydrogens (tertiary/aromatic N) is 1. The van der Waals surface area contributed by atoms with E-state index in [1.807, 2.05) is 54.6 Å². The summed E-state index contributed by atoms with van der Waals surface area (Å²) in [6, 6.07) is 16.7. The number of alkyl halides is 1. The second-order valence-electron chi connectivity index (χ2n) is 6.00. The van der Waals surface area contributed by atoms with E-state index >= 15 is 0 Å². The van der Waals surface area contributed by atoms with Crippen molar-refractivity contribution in [3.8, 4) is 11.3 Å². The average molecular weight is 370 g/mol. The highest BCUT2D eigenvalue weighted by molar-refractivity contribution is 6.17. The number of benzene rings is 2. The van der Waals surface area contributed by atoms with E-state index in [0.717, 1.165) is 11.1 Å². The lowest BCUT2D eigenvalue weighted by Gasteiger charge is -2.30. The summed E-state index contributed by atoms with van der Waals surface area (Å²) in [4.78, 5) is 11.5. The van der Waals surface area contributed by atoms with Gasteiger partial charge in [0.2, 0.25) is 0 Å². The van der Waals surface area contributed by atoms with E-state index in [-0.39, 0.29) is 0 Å². The van der Waals surface area contributed by atoms with Crippen molar-refractivity contribution in [3.63, 3.8) is 0 Å². The Balaban J connectivity index is 2.19. The molecule has 0 aliphatic carbocycles. The number of hydrogen-bond donors (Lipinski definition) is 2. The molecule has 133 valence electrons. The average Bonchev–Trinajstić information content (AvgIpc) is 3.04. The molecule has 0 saturated carbocycles. The standard InChI is InChI=1S/C20H18ClN2O3/c1-13-17(18(26-23-13)15-10-8-14(12-21)9-11-15)20(2,22-19(24)25)16-6-4-3-5-7-16/h3-11,22H,2,12H2,1H3,(H,24,25). The van der Waals surface area contributed by atoms with Gasteiger partial charge in [-0.05, 0) is 25.0 Å². The van der Waals surface area contributed by atoms with Gasteiger partial charge in [0.05, 0.1) is 16.8 Å². The molecule has 0 saturated heterocycles.